The number of carbonyl (C=O) groups excluding carboxylic acids is 1. The van der Waals surface area contributed by atoms with Crippen LogP contribution in [-0.2, 0) is 11.3 Å². The number of nitrogens with one attached hydrogen (secondary N) is 2. The highest BCUT2D eigenvalue weighted by atomic mass is 19.1. The second-order valence-electron chi connectivity index (χ2n) is 4.52. The summed E-state index contributed by atoms with van der Waals surface area (Å²) in [6, 6.07) is 6.10. The Hall–Kier alpha value is -1.62. The molecule has 0 aliphatic rings. The summed E-state index contributed by atoms with van der Waals surface area (Å²) in [7, 11) is 0. The Morgan fingerprint density at radius 3 is 2.70 bits per heavy atom. The van der Waals surface area contributed by atoms with E-state index in [1.165, 1.54) is 6.07 Å². The van der Waals surface area contributed by atoms with Gasteiger partial charge >= 0.3 is 6.03 Å². The molecule has 0 saturated heterocycles. The first kappa shape index (κ1) is 16.4. The summed E-state index contributed by atoms with van der Waals surface area (Å²) in [5.74, 6) is -0.308. The fraction of sp³-hybridized carbons (Fsp3) is 0.533. The van der Waals surface area contributed by atoms with Crippen molar-refractivity contribution in [2.24, 2.45) is 0 Å². The average molecular weight is 282 g/mol. The average Bonchev–Trinajstić information content (AvgIpc) is 2.45. The normalized spacial score (nSPS) is 10.3. The standard InChI is InChI=1S/C15H23FN2O2/c1-2-3-10-20-11-6-9-17-15(19)18-12-13-7-4-5-8-14(13)16/h4-5,7-8H,2-3,6,9-12H2,1H3,(H2,17,18,19). The summed E-state index contributed by atoms with van der Waals surface area (Å²) < 4.78 is 18.7. The Balaban J connectivity index is 2.05. The van der Waals surface area contributed by atoms with E-state index < -0.39 is 0 Å². The third-order valence-electron chi connectivity index (χ3n) is 2.79. The van der Waals surface area contributed by atoms with Gasteiger partial charge in [-0.2, -0.15) is 0 Å². The smallest absolute Gasteiger partial charge is 0.315 e. The molecule has 2 amide bonds. The van der Waals surface area contributed by atoms with Crippen molar-refractivity contribution >= 4 is 6.03 Å². The van der Waals surface area contributed by atoms with Crippen LogP contribution in [0.25, 0.3) is 0 Å². The number of benzene rings is 1. The summed E-state index contributed by atoms with van der Waals surface area (Å²) in [5, 5.41) is 5.33. The maximum atomic E-state index is 13.3. The molecule has 0 fully saturated rings. The van der Waals surface area contributed by atoms with Gasteiger partial charge in [-0.3, -0.25) is 0 Å². The first-order chi connectivity index (χ1) is 9.74. The molecule has 0 bridgehead atoms. The van der Waals surface area contributed by atoms with Crippen molar-refractivity contribution in [3.8, 4) is 0 Å². The second kappa shape index (κ2) is 10.2. The minimum Gasteiger partial charge on any atom is -0.381 e. The molecule has 0 saturated carbocycles. The highest BCUT2D eigenvalue weighted by Gasteiger charge is 2.03. The van der Waals surface area contributed by atoms with Crippen LogP contribution < -0.4 is 10.6 Å². The van der Waals surface area contributed by atoms with E-state index in [4.69, 9.17) is 4.74 Å². The number of ether oxygens (including phenoxy) is 1. The predicted octanol–water partition coefficient (Wildman–Crippen LogP) is 2.83. The van der Waals surface area contributed by atoms with Gasteiger partial charge in [0.15, 0.2) is 0 Å². The van der Waals surface area contributed by atoms with Crippen LogP contribution in [0.3, 0.4) is 0 Å². The lowest BCUT2D eigenvalue weighted by Crippen LogP contribution is -2.36. The molecule has 20 heavy (non-hydrogen) atoms. The lowest BCUT2D eigenvalue weighted by molar-refractivity contribution is 0.129. The third kappa shape index (κ3) is 7.09. The molecule has 0 aliphatic heterocycles. The third-order valence-corrected chi connectivity index (χ3v) is 2.79. The van der Waals surface area contributed by atoms with Crippen LogP contribution in [0, 0.1) is 5.82 Å². The fourth-order valence-electron chi connectivity index (χ4n) is 1.60. The van der Waals surface area contributed by atoms with E-state index in [2.05, 4.69) is 17.6 Å². The van der Waals surface area contributed by atoms with Crippen LogP contribution in [-0.4, -0.2) is 25.8 Å². The molecule has 2 N–H and O–H groups in total. The molecule has 0 aromatic heterocycles. The number of unbranched alkanes of at least 4 members (excludes halogenated alkanes) is 1. The molecule has 0 radical (unpaired) electrons. The molecule has 4 nitrogen and oxygen atoms in total. The lowest BCUT2D eigenvalue weighted by atomic mass is 10.2. The van der Waals surface area contributed by atoms with Gasteiger partial charge in [0.25, 0.3) is 0 Å². The summed E-state index contributed by atoms with van der Waals surface area (Å²) in [5.41, 5.74) is 0.477. The van der Waals surface area contributed by atoms with Crippen molar-refractivity contribution in [3.05, 3.63) is 35.6 Å². The number of hydrogen-bond donors (Lipinski definition) is 2. The minimum atomic E-state index is -0.308. The molecular formula is C15H23FN2O2. The number of halogens is 1. The quantitative estimate of drug-likeness (QED) is 0.684. The zero-order valence-corrected chi connectivity index (χ0v) is 12.0. The largest absolute Gasteiger partial charge is 0.381 e. The van der Waals surface area contributed by atoms with Crippen molar-refractivity contribution in [1.82, 2.24) is 10.6 Å². The highest BCUT2D eigenvalue weighted by molar-refractivity contribution is 5.73. The maximum Gasteiger partial charge on any atom is 0.315 e. The van der Waals surface area contributed by atoms with Gasteiger partial charge < -0.3 is 15.4 Å². The number of amides is 2. The van der Waals surface area contributed by atoms with E-state index in [9.17, 15) is 9.18 Å². The van der Waals surface area contributed by atoms with Crippen LogP contribution in [0.1, 0.15) is 31.7 Å². The molecule has 0 atom stereocenters. The van der Waals surface area contributed by atoms with Gasteiger partial charge in [-0.1, -0.05) is 31.5 Å². The molecule has 1 rings (SSSR count). The highest BCUT2D eigenvalue weighted by Crippen LogP contribution is 2.05. The molecule has 0 spiro atoms. The predicted molar refractivity (Wildman–Crippen MR) is 77.0 cm³/mol. The maximum absolute atomic E-state index is 13.3. The molecule has 0 heterocycles. The summed E-state index contributed by atoms with van der Waals surface area (Å²) in [4.78, 5) is 11.5. The summed E-state index contributed by atoms with van der Waals surface area (Å²) in [6.45, 7) is 4.27. The van der Waals surface area contributed by atoms with Crippen molar-refractivity contribution in [1.29, 1.82) is 0 Å². The van der Waals surface area contributed by atoms with Gasteiger partial charge in [-0.05, 0) is 18.9 Å². The van der Waals surface area contributed by atoms with Gasteiger partial charge in [0, 0.05) is 31.9 Å². The van der Waals surface area contributed by atoms with Crippen molar-refractivity contribution < 1.29 is 13.9 Å². The molecule has 1 aromatic carbocycles. The molecule has 0 aliphatic carbocycles. The monoisotopic (exact) mass is 282 g/mol. The van der Waals surface area contributed by atoms with E-state index in [0.717, 1.165) is 25.9 Å². The Morgan fingerprint density at radius 1 is 1.20 bits per heavy atom. The SMILES string of the molecule is CCCCOCCCNC(=O)NCc1ccccc1F. The number of rotatable bonds is 9. The van der Waals surface area contributed by atoms with Crippen LogP contribution in [0.4, 0.5) is 9.18 Å². The Labute approximate surface area is 119 Å². The molecule has 1 aromatic rings. The minimum absolute atomic E-state index is 0.186. The Bertz CT molecular complexity index is 399. The van der Waals surface area contributed by atoms with Crippen molar-refractivity contribution in [2.45, 2.75) is 32.7 Å². The first-order valence-corrected chi connectivity index (χ1v) is 7.07. The molecule has 112 valence electrons. The first-order valence-electron chi connectivity index (χ1n) is 7.07. The fourth-order valence-corrected chi connectivity index (χ4v) is 1.60. The van der Waals surface area contributed by atoms with Crippen molar-refractivity contribution in [2.75, 3.05) is 19.8 Å². The summed E-state index contributed by atoms with van der Waals surface area (Å²) >= 11 is 0. The molecule has 5 heteroatoms. The van der Waals surface area contributed by atoms with Gasteiger partial charge in [-0.15, -0.1) is 0 Å². The second-order valence-corrected chi connectivity index (χ2v) is 4.52. The Morgan fingerprint density at radius 2 is 1.95 bits per heavy atom. The number of hydrogen-bond acceptors (Lipinski definition) is 2. The van der Waals surface area contributed by atoms with Crippen LogP contribution in [0.2, 0.25) is 0 Å². The lowest BCUT2D eigenvalue weighted by Gasteiger charge is -2.08. The molecular weight excluding hydrogens is 259 g/mol. The zero-order valence-electron chi connectivity index (χ0n) is 12.0. The van der Waals surface area contributed by atoms with E-state index in [1.54, 1.807) is 18.2 Å². The van der Waals surface area contributed by atoms with Gasteiger partial charge in [0.1, 0.15) is 5.82 Å². The molecule has 0 unspecified atom stereocenters. The van der Waals surface area contributed by atoms with Crippen molar-refractivity contribution in [3.63, 3.8) is 0 Å². The van der Waals surface area contributed by atoms with Crippen LogP contribution in [0.5, 0.6) is 0 Å². The number of urea groups is 1. The van der Waals surface area contributed by atoms with E-state index in [0.29, 0.717) is 18.7 Å². The Kier molecular flexibility index (Phi) is 8.38. The van der Waals surface area contributed by atoms with Crippen LogP contribution >= 0.6 is 0 Å². The topological polar surface area (TPSA) is 50.4 Å². The number of carbonyl (C=O) groups is 1. The van der Waals surface area contributed by atoms with Gasteiger partial charge in [0.2, 0.25) is 0 Å². The van der Waals surface area contributed by atoms with Gasteiger partial charge in [0.05, 0.1) is 0 Å². The summed E-state index contributed by atoms with van der Waals surface area (Å²) in [6.07, 6.45) is 2.96. The van der Waals surface area contributed by atoms with E-state index in [1.807, 2.05) is 0 Å². The van der Waals surface area contributed by atoms with Gasteiger partial charge in [-0.25, -0.2) is 9.18 Å². The zero-order chi connectivity index (χ0) is 14.6. The van der Waals surface area contributed by atoms with E-state index >= 15 is 0 Å². The van der Waals surface area contributed by atoms with E-state index in [-0.39, 0.29) is 18.4 Å². The van der Waals surface area contributed by atoms with Crippen LogP contribution in [0.15, 0.2) is 24.3 Å².